The van der Waals surface area contributed by atoms with Gasteiger partial charge < -0.3 is 10.7 Å². The average Bonchev–Trinajstić information content (AvgIpc) is 2.41. The van der Waals surface area contributed by atoms with Crippen molar-refractivity contribution in [3.63, 3.8) is 0 Å². The van der Waals surface area contributed by atoms with Crippen molar-refractivity contribution in [2.24, 2.45) is 0 Å². The largest absolute Gasteiger partial charge is 0.399 e. The van der Waals surface area contributed by atoms with E-state index >= 15 is 0 Å². The number of aryl methyl sites for hydroxylation is 2. The predicted molar refractivity (Wildman–Crippen MR) is 84.1 cm³/mol. The van der Waals surface area contributed by atoms with Gasteiger partial charge in [-0.15, -0.1) is 0 Å². The summed E-state index contributed by atoms with van der Waals surface area (Å²) in [6.45, 7) is 2.08. The van der Waals surface area contributed by atoms with E-state index in [1.54, 1.807) is 17.8 Å². The molecule has 0 aliphatic carbocycles. The molecule has 1 heterocycles. The summed E-state index contributed by atoms with van der Waals surface area (Å²) in [6.07, 6.45) is 2.76. The molecule has 4 nitrogen and oxygen atoms in total. The first-order valence-electron chi connectivity index (χ1n) is 6.75. The Balaban J connectivity index is 1.93. The Morgan fingerprint density at radius 3 is 2.70 bits per heavy atom. The van der Waals surface area contributed by atoms with Crippen molar-refractivity contribution in [2.45, 2.75) is 31.3 Å². The number of aromatic amines is 1. The van der Waals surface area contributed by atoms with Crippen molar-refractivity contribution >= 4 is 17.4 Å². The Kier molecular flexibility index (Phi) is 5.24. The highest BCUT2D eigenvalue weighted by Crippen LogP contribution is 2.15. The molecule has 2 rings (SSSR count). The van der Waals surface area contributed by atoms with Gasteiger partial charge in [0.05, 0.1) is 0 Å². The minimum atomic E-state index is -0.0709. The molecule has 0 unspecified atom stereocenters. The molecule has 0 saturated carbocycles. The lowest BCUT2D eigenvalue weighted by Gasteiger charge is -2.04. The summed E-state index contributed by atoms with van der Waals surface area (Å²) in [4.78, 5) is 18.8. The first kappa shape index (κ1) is 14.7. The smallest absolute Gasteiger partial charge is 0.251 e. The van der Waals surface area contributed by atoms with Crippen molar-refractivity contribution in [3.05, 3.63) is 51.9 Å². The molecule has 0 bridgehead atoms. The van der Waals surface area contributed by atoms with Crippen molar-refractivity contribution in [1.82, 2.24) is 9.97 Å². The highest BCUT2D eigenvalue weighted by atomic mass is 32.2. The second-order valence-electron chi connectivity index (χ2n) is 4.63. The van der Waals surface area contributed by atoms with Crippen LogP contribution in [0.4, 0.5) is 5.69 Å². The van der Waals surface area contributed by atoms with Crippen LogP contribution >= 0.6 is 11.8 Å². The second-order valence-corrected chi connectivity index (χ2v) is 5.72. The van der Waals surface area contributed by atoms with E-state index in [9.17, 15) is 4.79 Å². The minimum Gasteiger partial charge on any atom is -0.399 e. The molecule has 0 aliphatic heterocycles. The van der Waals surface area contributed by atoms with Crippen molar-refractivity contribution in [2.75, 3.05) is 11.5 Å². The summed E-state index contributed by atoms with van der Waals surface area (Å²) < 4.78 is 0. The van der Waals surface area contributed by atoms with Gasteiger partial charge in [0.1, 0.15) is 0 Å². The molecule has 1 aromatic heterocycles. The molecule has 0 saturated heterocycles. The summed E-state index contributed by atoms with van der Waals surface area (Å²) in [7, 11) is 0. The summed E-state index contributed by atoms with van der Waals surface area (Å²) in [5.74, 6) is 0.877. The third kappa shape index (κ3) is 4.42. The van der Waals surface area contributed by atoms with Gasteiger partial charge in [-0.05, 0) is 30.5 Å². The van der Waals surface area contributed by atoms with Crippen LogP contribution in [0.5, 0.6) is 0 Å². The lowest BCUT2D eigenvalue weighted by molar-refractivity contribution is 0.815. The van der Waals surface area contributed by atoms with Crippen LogP contribution < -0.4 is 11.3 Å². The summed E-state index contributed by atoms with van der Waals surface area (Å²) in [5.41, 5.74) is 8.46. The Hall–Kier alpha value is -1.75. The molecular weight excluding hydrogens is 270 g/mol. The number of nitrogen functional groups attached to an aromatic ring is 1. The number of nitrogens with two attached hydrogens (primary N) is 1. The molecule has 3 N–H and O–H groups in total. The molecule has 0 radical (unpaired) electrons. The Morgan fingerprint density at radius 1 is 1.25 bits per heavy atom. The van der Waals surface area contributed by atoms with Crippen LogP contribution in [-0.4, -0.2) is 15.7 Å². The molecule has 5 heteroatoms. The zero-order valence-electron chi connectivity index (χ0n) is 11.6. The lowest BCUT2D eigenvalue weighted by atomic mass is 10.2. The number of benzene rings is 1. The van der Waals surface area contributed by atoms with Gasteiger partial charge in [-0.1, -0.05) is 37.2 Å². The fourth-order valence-electron chi connectivity index (χ4n) is 1.89. The molecule has 1 aromatic carbocycles. The summed E-state index contributed by atoms with van der Waals surface area (Å²) in [6, 6.07) is 9.44. The van der Waals surface area contributed by atoms with E-state index < -0.39 is 0 Å². The molecule has 0 spiro atoms. The summed E-state index contributed by atoms with van der Waals surface area (Å²) >= 11 is 1.58. The van der Waals surface area contributed by atoms with Gasteiger partial charge in [-0.2, -0.15) is 0 Å². The number of hydrogen-bond donors (Lipinski definition) is 2. The molecular formula is C15H19N3OS. The maximum atomic E-state index is 11.5. The van der Waals surface area contributed by atoms with Gasteiger partial charge in [0.15, 0.2) is 5.16 Å². The zero-order valence-corrected chi connectivity index (χ0v) is 12.4. The molecule has 0 amide bonds. The average molecular weight is 289 g/mol. The normalized spacial score (nSPS) is 10.7. The molecule has 106 valence electrons. The summed E-state index contributed by atoms with van der Waals surface area (Å²) in [5, 5.41) is 0.705. The molecule has 0 atom stereocenters. The number of nitrogens with one attached hydrogen (secondary N) is 1. The number of aromatic nitrogens is 2. The fraction of sp³-hybridized carbons (Fsp3) is 0.333. The van der Waals surface area contributed by atoms with Crippen LogP contribution in [0.2, 0.25) is 0 Å². The number of rotatable bonds is 6. The lowest BCUT2D eigenvalue weighted by Crippen LogP contribution is -2.10. The topological polar surface area (TPSA) is 71.8 Å². The van der Waals surface area contributed by atoms with Crippen LogP contribution in [0.15, 0.2) is 40.3 Å². The first-order chi connectivity index (χ1) is 9.67. The van der Waals surface area contributed by atoms with Gasteiger partial charge in [0.2, 0.25) is 0 Å². The van der Waals surface area contributed by atoms with Crippen molar-refractivity contribution < 1.29 is 0 Å². The standard InChI is InChI=1S/C15H19N3OS/c1-2-3-13-10-14(19)18-15(17-13)20-9-8-11-4-6-12(16)7-5-11/h4-7,10H,2-3,8-9,16H2,1H3,(H,17,18,19). The highest BCUT2D eigenvalue weighted by molar-refractivity contribution is 7.99. The van der Waals surface area contributed by atoms with Crippen LogP contribution in [-0.2, 0) is 12.8 Å². The van der Waals surface area contributed by atoms with E-state index in [-0.39, 0.29) is 5.56 Å². The van der Waals surface area contributed by atoms with Crippen molar-refractivity contribution in [3.8, 4) is 0 Å². The molecule has 0 fully saturated rings. The van der Waals surface area contributed by atoms with Crippen LogP contribution in [0.25, 0.3) is 0 Å². The predicted octanol–water partition coefficient (Wildman–Crippen LogP) is 2.64. The number of H-pyrrole nitrogens is 1. The number of nitrogens with zero attached hydrogens (tertiary/aromatic N) is 1. The van der Waals surface area contributed by atoms with Crippen LogP contribution in [0, 0.1) is 0 Å². The van der Waals surface area contributed by atoms with E-state index in [4.69, 9.17) is 5.73 Å². The highest BCUT2D eigenvalue weighted by Gasteiger charge is 2.02. The third-order valence-electron chi connectivity index (χ3n) is 2.89. The minimum absolute atomic E-state index is 0.0709. The maximum absolute atomic E-state index is 11.5. The van der Waals surface area contributed by atoms with Gasteiger partial charge in [0, 0.05) is 23.2 Å². The maximum Gasteiger partial charge on any atom is 0.251 e. The Bertz CT molecular complexity index is 607. The first-order valence-corrected chi connectivity index (χ1v) is 7.73. The molecule has 20 heavy (non-hydrogen) atoms. The zero-order chi connectivity index (χ0) is 14.4. The van der Waals surface area contributed by atoms with Gasteiger partial charge in [-0.25, -0.2) is 4.98 Å². The van der Waals surface area contributed by atoms with Gasteiger partial charge >= 0.3 is 0 Å². The van der Waals surface area contributed by atoms with E-state index in [0.29, 0.717) is 5.16 Å². The Labute approximate surface area is 122 Å². The van der Waals surface area contributed by atoms with Crippen molar-refractivity contribution in [1.29, 1.82) is 0 Å². The molecule has 0 aliphatic rings. The second kappa shape index (κ2) is 7.14. The number of thioether (sulfide) groups is 1. The van der Waals surface area contributed by atoms with E-state index in [0.717, 1.165) is 36.4 Å². The Morgan fingerprint density at radius 2 is 2.00 bits per heavy atom. The van der Waals surface area contributed by atoms with Gasteiger partial charge in [-0.3, -0.25) is 4.79 Å². The SMILES string of the molecule is CCCc1cc(=O)[nH]c(SCCc2ccc(N)cc2)n1. The van der Waals surface area contributed by atoms with E-state index in [1.807, 2.05) is 24.3 Å². The monoisotopic (exact) mass is 289 g/mol. The third-order valence-corrected chi connectivity index (χ3v) is 3.76. The van der Waals surface area contributed by atoms with E-state index in [1.165, 1.54) is 5.56 Å². The molecule has 2 aromatic rings. The van der Waals surface area contributed by atoms with Gasteiger partial charge in [0.25, 0.3) is 5.56 Å². The number of anilines is 1. The number of hydrogen-bond acceptors (Lipinski definition) is 4. The fourth-order valence-corrected chi connectivity index (χ4v) is 2.77. The quantitative estimate of drug-likeness (QED) is 0.487. The van der Waals surface area contributed by atoms with Crippen LogP contribution in [0.1, 0.15) is 24.6 Å². The van der Waals surface area contributed by atoms with Crippen LogP contribution in [0.3, 0.4) is 0 Å². The van der Waals surface area contributed by atoms with E-state index in [2.05, 4.69) is 16.9 Å².